The Balaban J connectivity index is 2.26. The molecule has 0 unspecified atom stereocenters. The molecule has 1 aliphatic carbocycles. The van der Waals surface area contributed by atoms with Crippen LogP contribution >= 0.6 is 0 Å². The zero-order chi connectivity index (χ0) is 20.7. The molecule has 0 saturated heterocycles. The maximum Gasteiger partial charge on any atom is 0.332 e. The molecule has 0 N–H and O–H groups in total. The maximum absolute atomic E-state index is 13.6. The fourth-order valence-electron chi connectivity index (χ4n) is 3.70. The van der Waals surface area contributed by atoms with Crippen LogP contribution in [0.25, 0.3) is 28.2 Å². The van der Waals surface area contributed by atoms with Gasteiger partial charge in [-0.15, -0.1) is 0 Å². The first-order chi connectivity index (χ1) is 14.0. The van der Waals surface area contributed by atoms with Crippen LogP contribution in [-0.2, 0) is 18.4 Å². The van der Waals surface area contributed by atoms with E-state index in [0.717, 1.165) is 23.1 Å². The molecule has 7 heteroatoms. The number of fused-ring (bicyclic) bond motifs is 1. The highest BCUT2D eigenvalue weighted by Crippen LogP contribution is 2.44. The Hall–Kier alpha value is -3.35. The third-order valence-corrected chi connectivity index (χ3v) is 5.29. The highest BCUT2D eigenvalue weighted by atomic mass is 19.1. The minimum absolute atomic E-state index is 0.203. The van der Waals surface area contributed by atoms with Gasteiger partial charge in [-0.2, -0.15) is 0 Å². The zero-order valence-corrected chi connectivity index (χ0v) is 16.2. The van der Waals surface area contributed by atoms with Crippen molar-refractivity contribution in [3.8, 4) is 11.1 Å². The van der Waals surface area contributed by atoms with Crippen molar-refractivity contribution in [2.24, 2.45) is 7.05 Å². The van der Waals surface area contributed by atoms with E-state index in [0.29, 0.717) is 35.2 Å². The molecule has 0 atom stereocenters. The normalized spacial score (nSPS) is 14.0. The molecule has 1 saturated carbocycles. The lowest BCUT2D eigenvalue weighted by Gasteiger charge is -2.18. The summed E-state index contributed by atoms with van der Waals surface area (Å²) in [7, 11) is 1.43. The lowest BCUT2D eigenvalue weighted by molar-refractivity contribution is -0.104. The van der Waals surface area contributed by atoms with Gasteiger partial charge in [0.1, 0.15) is 12.1 Å². The van der Waals surface area contributed by atoms with Crippen molar-refractivity contribution in [3.05, 3.63) is 68.3 Å². The molecule has 1 fully saturated rings. The Morgan fingerprint density at radius 1 is 1.21 bits per heavy atom. The summed E-state index contributed by atoms with van der Waals surface area (Å²) in [6, 6.07) is 5.84. The quantitative estimate of drug-likeness (QED) is 0.493. The summed E-state index contributed by atoms with van der Waals surface area (Å²) in [5.41, 5.74) is 2.04. The Kier molecular flexibility index (Phi) is 4.74. The van der Waals surface area contributed by atoms with E-state index in [1.54, 1.807) is 18.2 Å². The van der Waals surface area contributed by atoms with Gasteiger partial charge in [-0.25, -0.2) is 14.2 Å². The van der Waals surface area contributed by atoms with E-state index in [-0.39, 0.29) is 11.3 Å². The van der Waals surface area contributed by atoms with Gasteiger partial charge in [0.15, 0.2) is 5.65 Å². The Morgan fingerprint density at radius 3 is 2.48 bits per heavy atom. The van der Waals surface area contributed by atoms with Crippen LogP contribution in [0, 0.1) is 5.82 Å². The first-order valence-corrected chi connectivity index (χ1v) is 9.53. The van der Waals surface area contributed by atoms with Gasteiger partial charge in [-0.05, 0) is 49.6 Å². The van der Waals surface area contributed by atoms with Crippen molar-refractivity contribution in [2.75, 3.05) is 0 Å². The molecular formula is C22H20FN3O3. The molecule has 0 radical (unpaired) electrons. The number of hydrogen-bond acceptors (Lipinski definition) is 4. The van der Waals surface area contributed by atoms with Crippen molar-refractivity contribution >= 4 is 23.4 Å². The second-order valence-corrected chi connectivity index (χ2v) is 7.15. The highest BCUT2D eigenvalue weighted by molar-refractivity contribution is 5.98. The summed E-state index contributed by atoms with van der Waals surface area (Å²) in [6.07, 6.45) is 5.57. The van der Waals surface area contributed by atoms with E-state index < -0.39 is 17.1 Å². The largest absolute Gasteiger partial charge is 0.332 e. The molecule has 2 heterocycles. The number of carbonyl (C=O) groups is 1. The lowest BCUT2D eigenvalue weighted by atomic mass is 9.93. The number of rotatable bonds is 5. The summed E-state index contributed by atoms with van der Waals surface area (Å²) in [5.74, 6) is -0.188. The molecule has 0 bridgehead atoms. The number of aromatic nitrogens is 3. The summed E-state index contributed by atoms with van der Waals surface area (Å²) in [4.78, 5) is 41.6. The maximum atomic E-state index is 13.6. The predicted molar refractivity (Wildman–Crippen MR) is 109 cm³/mol. The monoisotopic (exact) mass is 393 g/mol. The lowest BCUT2D eigenvalue weighted by Crippen LogP contribution is -2.38. The Bertz CT molecular complexity index is 1270. The third-order valence-electron chi connectivity index (χ3n) is 5.29. The van der Waals surface area contributed by atoms with Gasteiger partial charge in [0.05, 0.1) is 11.1 Å². The third kappa shape index (κ3) is 3.12. The standard InChI is InChI=1S/C22H20FN3O3/c1-3-26-20-18(21(28)25(2)22(26)29)17(13-8-10-15(23)11-9-13)16(5-4-12-27)19(24-20)14-6-7-14/h4-5,8-12,14H,3,6-7H2,1-2H3. The van der Waals surface area contributed by atoms with Crippen LogP contribution in [0.3, 0.4) is 0 Å². The number of carbonyl (C=O) groups excluding carboxylic acids is 1. The van der Waals surface area contributed by atoms with Gasteiger partial charge in [-0.3, -0.25) is 18.7 Å². The number of benzene rings is 1. The fourth-order valence-corrected chi connectivity index (χ4v) is 3.70. The minimum Gasteiger partial charge on any atom is -0.299 e. The van der Waals surface area contributed by atoms with Crippen LogP contribution in [0.5, 0.6) is 0 Å². The number of allylic oxidation sites excluding steroid dienone is 1. The van der Waals surface area contributed by atoms with Crippen LogP contribution in [-0.4, -0.2) is 20.4 Å². The molecule has 0 amide bonds. The molecule has 148 valence electrons. The summed E-state index contributed by atoms with van der Waals surface area (Å²) >= 11 is 0. The topological polar surface area (TPSA) is 74.0 Å². The number of nitrogens with zero attached hydrogens (tertiary/aromatic N) is 3. The second kappa shape index (κ2) is 7.24. The molecule has 6 nitrogen and oxygen atoms in total. The summed E-state index contributed by atoms with van der Waals surface area (Å²) in [6.45, 7) is 2.18. The van der Waals surface area contributed by atoms with Crippen molar-refractivity contribution in [3.63, 3.8) is 0 Å². The average Bonchev–Trinajstić information content (AvgIpc) is 3.56. The van der Waals surface area contributed by atoms with Crippen LogP contribution in [0.4, 0.5) is 4.39 Å². The summed E-state index contributed by atoms with van der Waals surface area (Å²) < 4.78 is 16.1. The van der Waals surface area contributed by atoms with Gasteiger partial charge in [0, 0.05) is 30.6 Å². The van der Waals surface area contributed by atoms with E-state index in [2.05, 4.69) is 0 Å². The number of hydrogen-bond donors (Lipinski definition) is 0. The van der Waals surface area contributed by atoms with Crippen molar-refractivity contribution in [1.82, 2.24) is 14.1 Å². The number of halogens is 1. The minimum atomic E-state index is -0.468. The van der Waals surface area contributed by atoms with Gasteiger partial charge in [0.25, 0.3) is 5.56 Å². The number of pyridine rings is 1. The summed E-state index contributed by atoms with van der Waals surface area (Å²) in [5, 5.41) is 0.288. The Labute approximate surface area is 165 Å². The molecule has 0 spiro atoms. The number of aldehydes is 1. The molecule has 1 aromatic carbocycles. The van der Waals surface area contributed by atoms with Gasteiger partial charge < -0.3 is 0 Å². The smallest absolute Gasteiger partial charge is 0.299 e. The van der Waals surface area contributed by atoms with E-state index in [9.17, 15) is 18.8 Å². The molecule has 4 rings (SSSR count). The Morgan fingerprint density at radius 2 is 1.90 bits per heavy atom. The second-order valence-electron chi connectivity index (χ2n) is 7.15. The first-order valence-electron chi connectivity index (χ1n) is 9.53. The number of aryl methyl sites for hydroxylation is 1. The van der Waals surface area contributed by atoms with Crippen LogP contribution in [0.1, 0.15) is 36.9 Å². The molecule has 0 aliphatic heterocycles. The molecule has 29 heavy (non-hydrogen) atoms. The van der Waals surface area contributed by atoms with E-state index >= 15 is 0 Å². The predicted octanol–water partition coefficient (Wildman–Crippen LogP) is 3.01. The van der Waals surface area contributed by atoms with Crippen molar-refractivity contribution in [2.45, 2.75) is 32.2 Å². The first kappa shape index (κ1) is 19.0. The fraction of sp³-hybridized carbons (Fsp3) is 0.273. The van der Waals surface area contributed by atoms with Crippen LogP contribution in [0.2, 0.25) is 0 Å². The molecular weight excluding hydrogens is 373 g/mol. The zero-order valence-electron chi connectivity index (χ0n) is 16.2. The SMILES string of the molecule is CCn1c(=O)n(C)c(=O)c2c(-c3ccc(F)cc3)c(C=CC=O)c(C3CC3)nc21. The van der Waals surface area contributed by atoms with Crippen molar-refractivity contribution in [1.29, 1.82) is 0 Å². The van der Waals surface area contributed by atoms with E-state index in [1.165, 1.54) is 29.8 Å². The van der Waals surface area contributed by atoms with Crippen LogP contribution in [0.15, 0.2) is 39.9 Å². The highest BCUT2D eigenvalue weighted by Gasteiger charge is 2.31. The van der Waals surface area contributed by atoms with Crippen molar-refractivity contribution < 1.29 is 9.18 Å². The van der Waals surface area contributed by atoms with E-state index in [1.807, 2.05) is 6.92 Å². The van der Waals surface area contributed by atoms with Crippen LogP contribution < -0.4 is 11.2 Å². The molecule has 2 aromatic heterocycles. The van der Waals surface area contributed by atoms with E-state index in [4.69, 9.17) is 4.98 Å². The van der Waals surface area contributed by atoms with Gasteiger partial charge >= 0.3 is 5.69 Å². The van der Waals surface area contributed by atoms with Gasteiger partial charge in [0.2, 0.25) is 0 Å². The molecule has 3 aromatic rings. The molecule has 1 aliphatic rings. The average molecular weight is 393 g/mol. The van der Waals surface area contributed by atoms with Gasteiger partial charge in [-0.1, -0.05) is 12.1 Å².